The van der Waals surface area contributed by atoms with E-state index in [0.29, 0.717) is 19.3 Å². The molecule has 0 atom stereocenters. The summed E-state index contributed by atoms with van der Waals surface area (Å²) in [6.07, 6.45) is 3.50. The van der Waals surface area contributed by atoms with Gasteiger partial charge in [0.2, 0.25) is 15.9 Å². The number of carbonyl (C=O) groups is 1. The van der Waals surface area contributed by atoms with Crippen LogP contribution in [-0.4, -0.2) is 32.7 Å². The van der Waals surface area contributed by atoms with Crippen molar-refractivity contribution in [3.63, 3.8) is 0 Å². The largest absolute Gasteiger partial charge is 0.317 e. The average molecular weight is 260 g/mol. The maximum absolute atomic E-state index is 12.2. The third-order valence-corrected chi connectivity index (χ3v) is 5.74. The Balaban J connectivity index is 2.06. The van der Waals surface area contributed by atoms with Crippen LogP contribution in [0, 0.1) is 5.41 Å². The fraction of sp³-hybridized carbons (Fsp3) is 0.909. The van der Waals surface area contributed by atoms with E-state index in [-0.39, 0.29) is 11.2 Å². The molecule has 98 valence electrons. The van der Waals surface area contributed by atoms with E-state index in [1.807, 2.05) is 6.92 Å². The molecular weight excluding hydrogens is 240 g/mol. The Morgan fingerprint density at radius 3 is 2.41 bits per heavy atom. The third kappa shape index (κ3) is 2.63. The molecule has 0 aromatic carbocycles. The highest BCUT2D eigenvalue weighted by atomic mass is 32.2. The average Bonchev–Trinajstić information content (AvgIpc) is 3.13. The van der Waals surface area contributed by atoms with Crippen molar-refractivity contribution in [3.8, 4) is 0 Å². The van der Waals surface area contributed by atoms with Gasteiger partial charge in [-0.15, -0.1) is 0 Å². The summed E-state index contributed by atoms with van der Waals surface area (Å²) in [5, 5.41) is 2.87. The molecule has 17 heavy (non-hydrogen) atoms. The van der Waals surface area contributed by atoms with Crippen molar-refractivity contribution >= 4 is 15.9 Å². The predicted octanol–water partition coefficient (Wildman–Crippen LogP) is 0.375. The standard InChI is InChI=1S/C11H20N2O3S/c1-2-11(5-7-12-8-6-11)10(14)13-17(15,16)9-3-4-9/h9,12H,2-8H2,1H3,(H,13,14). The van der Waals surface area contributed by atoms with Crippen molar-refractivity contribution in [2.75, 3.05) is 13.1 Å². The molecule has 0 bridgehead atoms. The molecule has 2 N–H and O–H groups in total. The Kier molecular flexibility index (Phi) is 3.45. The lowest BCUT2D eigenvalue weighted by atomic mass is 9.76. The summed E-state index contributed by atoms with van der Waals surface area (Å²) >= 11 is 0. The summed E-state index contributed by atoms with van der Waals surface area (Å²) in [5.74, 6) is -0.298. The Bertz CT molecular complexity index is 395. The van der Waals surface area contributed by atoms with Crippen LogP contribution in [0.1, 0.15) is 39.0 Å². The van der Waals surface area contributed by atoms with Gasteiger partial charge in [0.25, 0.3) is 0 Å². The maximum Gasteiger partial charge on any atom is 0.239 e. The van der Waals surface area contributed by atoms with Crippen molar-refractivity contribution in [1.82, 2.24) is 10.0 Å². The maximum atomic E-state index is 12.2. The Labute approximate surface area is 102 Å². The summed E-state index contributed by atoms with van der Waals surface area (Å²) in [7, 11) is -3.40. The Morgan fingerprint density at radius 1 is 1.35 bits per heavy atom. The number of rotatable bonds is 4. The van der Waals surface area contributed by atoms with Gasteiger partial charge in [-0.3, -0.25) is 9.52 Å². The first-order valence-electron chi connectivity index (χ1n) is 6.27. The van der Waals surface area contributed by atoms with Crippen molar-refractivity contribution in [1.29, 1.82) is 0 Å². The molecule has 1 heterocycles. The van der Waals surface area contributed by atoms with Gasteiger partial charge in [-0.25, -0.2) is 8.42 Å². The quantitative estimate of drug-likeness (QED) is 0.766. The number of carbonyl (C=O) groups excluding carboxylic acids is 1. The van der Waals surface area contributed by atoms with Crippen molar-refractivity contribution < 1.29 is 13.2 Å². The van der Waals surface area contributed by atoms with E-state index in [4.69, 9.17) is 0 Å². The molecule has 0 aromatic rings. The molecular formula is C11H20N2O3S. The van der Waals surface area contributed by atoms with Gasteiger partial charge >= 0.3 is 0 Å². The van der Waals surface area contributed by atoms with Crippen LogP contribution in [0.2, 0.25) is 0 Å². The SMILES string of the molecule is CCC1(C(=O)NS(=O)(=O)C2CC2)CCNCC1. The van der Waals surface area contributed by atoms with E-state index in [2.05, 4.69) is 10.0 Å². The zero-order chi connectivity index (χ0) is 12.5. The van der Waals surface area contributed by atoms with Gasteiger partial charge in [-0.05, 0) is 45.2 Å². The highest BCUT2D eigenvalue weighted by molar-refractivity contribution is 7.90. The zero-order valence-electron chi connectivity index (χ0n) is 10.2. The summed E-state index contributed by atoms with van der Waals surface area (Å²) in [6.45, 7) is 3.52. The van der Waals surface area contributed by atoms with Gasteiger partial charge in [0.15, 0.2) is 0 Å². The van der Waals surface area contributed by atoms with Crippen LogP contribution < -0.4 is 10.0 Å². The van der Waals surface area contributed by atoms with E-state index in [1.165, 1.54) is 0 Å². The smallest absolute Gasteiger partial charge is 0.239 e. The van der Waals surface area contributed by atoms with E-state index in [9.17, 15) is 13.2 Å². The number of hydrogen-bond acceptors (Lipinski definition) is 4. The number of piperidine rings is 1. The highest BCUT2D eigenvalue weighted by Crippen LogP contribution is 2.34. The molecule has 1 amide bonds. The second-order valence-corrected chi connectivity index (χ2v) is 7.02. The van der Waals surface area contributed by atoms with Crippen LogP contribution in [0.3, 0.4) is 0 Å². The van der Waals surface area contributed by atoms with E-state index in [0.717, 1.165) is 25.9 Å². The number of sulfonamides is 1. The van der Waals surface area contributed by atoms with Crippen molar-refractivity contribution in [3.05, 3.63) is 0 Å². The van der Waals surface area contributed by atoms with Gasteiger partial charge in [0.1, 0.15) is 0 Å². The Hall–Kier alpha value is -0.620. The molecule has 2 fully saturated rings. The molecule has 0 radical (unpaired) electrons. The van der Waals surface area contributed by atoms with Crippen molar-refractivity contribution in [2.45, 2.75) is 44.3 Å². The number of nitrogens with one attached hydrogen (secondary N) is 2. The van der Waals surface area contributed by atoms with Gasteiger partial charge < -0.3 is 5.32 Å². The molecule has 0 aromatic heterocycles. The van der Waals surface area contributed by atoms with E-state index in [1.54, 1.807) is 0 Å². The minimum absolute atomic E-state index is 0.298. The van der Waals surface area contributed by atoms with Crippen LogP contribution in [0.25, 0.3) is 0 Å². The van der Waals surface area contributed by atoms with Crippen LogP contribution in [-0.2, 0) is 14.8 Å². The highest BCUT2D eigenvalue weighted by Gasteiger charge is 2.43. The monoisotopic (exact) mass is 260 g/mol. The van der Waals surface area contributed by atoms with Crippen LogP contribution in [0.5, 0.6) is 0 Å². The molecule has 5 nitrogen and oxygen atoms in total. The summed E-state index contributed by atoms with van der Waals surface area (Å²) in [5.41, 5.74) is -0.493. The summed E-state index contributed by atoms with van der Waals surface area (Å²) < 4.78 is 25.8. The minimum atomic E-state index is -3.40. The van der Waals surface area contributed by atoms with Gasteiger partial charge in [0, 0.05) is 0 Å². The summed E-state index contributed by atoms with van der Waals surface area (Å²) in [4.78, 5) is 12.2. The lowest BCUT2D eigenvalue weighted by molar-refractivity contribution is -0.130. The predicted molar refractivity (Wildman–Crippen MR) is 64.9 cm³/mol. The van der Waals surface area contributed by atoms with Crippen LogP contribution in [0.15, 0.2) is 0 Å². The molecule has 0 spiro atoms. The number of hydrogen-bond donors (Lipinski definition) is 2. The molecule has 6 heteroatoms. The lowest BCUT2D eigenvalue weighted by Gasteiger charge is -2.35. The molecule has 2 rings (SSSR count). The van der Waals surface area contributed by atoms with E-state index >= 15 is 0 Å². The lowest BCUT2D eigenvalue weighted by Crippen LogP contribution is -2.49. The molecule has 1 aliphatic heterocycles. The second-order valence-electron chi connectivity index (χ2n) is 5.06. The second kappa shape index (κ2) is 4.57. The van der Waals surface area contributed by atoms with Gasteiger partial charge in [0.05, 0.1) is 10.7 Å². The van der Waals surface area contributed by atoms with Gasteiger partial charge in [-0.2, -0.15) is 0 Å². The molecule has 1 saturated heterocycles. The fourth-order valence-electron chi connectivity index (χ4n) is 2.35. The molecule has 2 aliphatic rings. The topological polar surface area (TPSA) is 75.3 Å². The number of amides is 1. The zero-order valence-corrected chi connectivity index (χ0v) is 11.0. The van der Waals surface area contributed by atoms with Gasteiger partial charge in [-0.1, -0.05) is 6.92 Å². The summed E-state index contributed by atoms with van der Waals surface area (Å²) in [6, 6.07) is 0. The molecule has 0 unspecified atom stereocenters. The normalized spacial score (nSPS) is 24.3. The molecule has 1 aliphatic carbocycles. The molecule has 1 saturated carbocycles. The van der Waals surface area contributed by atoms with Crippen LogP contribution >= 0.6 is 0 Å². The van der Waals surface area contributed by atoms with Crippen LogP contribution in [0.4, 0.5) is 0 Å². The first-order valence-corrected chi connectivity index (χ1v) is 7.81. The third-order valence-electron chi connectivity index (χ3n) is 3.92. The Morgan fingerprint density at radius 2 is 1.94 bits per heavy atom. The van der Waals surface area contributed by atoms with Crippen molar-refractivity contribution in [2.24, 2.45) is 5.41 Å². The minimum Gasteiger partial charge on any atom is -0.317 e. The first-order chi connectivity index (χ1) is 8.00. The first kappa shape index (κ1) is 12.8. The fourth-order valence-corrected chi connectivity index (χ4v) is 3.74. The van der Waals surface area contributed by atoms with E-state index < -0.39 is 15.4 Å².